The molecule has 0 spiro atoms. The fourth-order valence-corrected chi connectivity index (χ4v) is 3.80. The van der Waals surface area contributed by atoms with E-state index in [0.29, 0.717) is 0 Å². The molecule has 3 aliphatic heterocycles. The van der Waals surface area contributed by atoms with Gasteiger partial charge in [0, 0.05) is 12.2 Å². The molecule has 3 heteroatoms. The van der Waals surface area contributed by atoms with Gasteiger partial charge >= 0.3 is 0 Å². The van der Waals surface area contributed by atoms with E-state index < -0.39 is 0 Å². The zero-order chi connectivity index (χ0) is 14.1. The largest absolute Gasteiger partial charge is 0.324 e. The molecule has 0 aliphatic carbocycles. The van der Waals surface area contributed by atoms with Crippen molar-refractivity contribution in [3.8, 4) is 0 Å². The molecule has 4 rings (SSSR count). The lowest BCUT2D eigenvalue weighted by atomic mass is 9.74. The molecule has 1 aromatic rings. The Balaban J connectivity index is 1.69. The van der Waals surface area contributed by atoms with Gasteiger partial charge in [-0.1, -0.05) is 31.5 Å². The number of nitrogens with one attached hydrogen (secondary N) is 1. The predicted octanol–water partition coefficient (Wildman–Crippen LogP) is 3.05. The smallest absolute Gasteiger partial charge is 0.241 e. The van der Waals surface area contributed by atoms with Crippen LogP contribution >= 0.6 is 0 Å². The van der Waals surface area contributed by atoms with E-state index in [0.717, 1.165) is 42.6 Å². The van der Waals surface area contributed by atoms with Gasteiger partial charge in [0.1, 0.15) is 0 Å². The van der Waals surface area contributed by atoms with Gasteiger partial charge in [-0.2, -0.15) is 0 Å². The van der Waals surface area contributed by atoms with Crippen molar-refractivity contribution in [3.05, 3.63) is 29.8 Å². The van der Waals surface area contributed by atoms with Gasteiger partial charge in [-0.3, -0.25) is 9.69 Å². The molecule has 0 aromatic heterocycles. The molecule has 108 valence electrons. The van der Waals surface area contributed by atoms with Crippen LogP contribution in [-0.4, -0.2) is 29.9 Å². The number of hydrogen-bond acceptors (Lipinski definition) is 2. The molecule has 4 atom stereocenters. The molecule has 1 unspecified atom stereocenters. The molecule has 3 heterocycles. The highest BCUT2D eigenvalue weighted by atomic mass is 16.2. The normalized spacial score (nSPS) is 32.1. The first-order valence-electron chi connectivity index (χ1n) is 7.79. The standard InChI is InChI=1S/C17H24N2O/c1-3-13-11-19-9-8-14(13)10-16(19)17(20)18-15-7-5-4-6-12(15)2/h4-7,13-14,16H,3,8-11H2,1-2H3,(H,18,20)/t13-,14+,16+/m0/s1. The minimum Gasteiger partial charge on any atom is -0.324 e. The van der Waals surface area contributed by atoms with E-state index in [1.54, 1.807) is 0 Å². The quantitative estimate of drug-likeness (QED) is 0.917. The molecule has 20 heavy (non-hydrogen) atoms. The Morgan fingerprint density at radius 1 is 1.40 bits per heavy atom. The fourth-order valence-electron chi connectivity index (χ4n) is 3.80. The average Bonchev–Trinajstić information content (AvgIpc) is 2.49. The van der Waals surface area contributed by atoms with Crippen LogP contribution in [0, 0.1) is 18.8 Å². The summed E-state index contributed by atoms with van der Waals surface area (Å²) in [4.78, 5) is 14.9. The van der Waals surface area contributed by atoms with Crippen LogP contribution in [0.1, 0.15) is 31.7 Å². The first-order chi connectivity index (χ1) is 9.69. The second-order valence-electron chi connectivity index (χ2n) is 6.27. The number of anilines is 1. The Morgan fingerprint density at radius 3 is 2.85 bits per heavy atom. The van der Waals surface area contributed by atoms with Gasteiger partial charge in [-0.15, -0.1) is 0 Å². The Labute approximate surface area is 121 Å². The van der Waals surface area contributed by atoms with E-state index in [2.05, 4.69) is 17.1 Å². The summed E-state index contributed by atoms with van der Waals surface area (Å²) in [6, 6.07) is 8.08. The van der Waals surface area contributed by atoms with Crippen LogP contribution in [0.4, 0.5) is 5.69 Å². The molecule has 1 aromatic carbocycles. The number of amides is 1. The number of rotatable bonds is 3. The Bertz CT molecular complexity index is 500. The van der Waals surface area contributed by atoms with E-state index in [1.165, 1.54) is 12.8 Å². The molecule has 2 bridgehead atoms. The topological polar surface area (TPSA) is 32.3 Å². The number of fused-ring (bicyclic) bond motifs is 3. The Hall–Kier alpha value is -1.35. The number of piperidine rings is 3. The van der Waals surface area contributed by atoms with Crippen molar-refractivity contribution in [2.24, 2.45) is 11.8 Å². The summed E-state index contributed by atoms with van der Waals surface area (Å²) in [5.41, 5.74) is 2.08. The zero-order valence-corrected chi connectivity index (χ0v) is 12.4. The molecule has 3 nitrogen and oxygen atoms in total. The maximum absolute atomic E-state index is 12.6. The molecule has 3 fully saturated rings. The maximum Gasteiger partial charge on any atom is 0.241 e. The van der Waals surface area contributed by atoms with Crippen LogP contribution in [0.25, 0.3) is 0 Å². The number of carbonyl (C=O) groups excluding carboxylic acids is 1. The van der Waals surface area contributed by atoms with Gasteiger partial charge in [-0.05, 0) is 49.8 Å². The highest BCUT2D eigenvalue weighted by Crippen LogP contribution is 2.38. The summed E-state index contributed by atoms with van der Waals surface area (Å²) in [6.45, 7) is 6.50. The van der Waals surface area contributed by atoms with E-state index in [1.807, 2.05) is 31.2 Å². The number of nitrogens with zero attached hydrogens (tertiary/aromatic N) is 1. The summed E-state index contributed by atoms with van der Waals surface area (Å²) in [5, 5.41) is 3.12. The van der Waals surface area contributed by atoms with E-state index in [4.69, 9.17) is 0 Å². The van der Waals surface area contributed by atoms with E-state index in [-0.39, 0.29) is 11.9 Å². The molecule has 0 radical (unpaired) electrons. The first kappa shape index (κ1) is 13.6. The van der Waals surface area contributed by atoms with Crippen molar-refractivity contribution in [3.63, 3.8) is 0 Å². The van der Waals surface area contributed by atoms with Crippen molar-refractivity contribution in [2.75, 3.05) is 18.4 Å². The third kappa shape index (κ3) is 2.47. The minimum absolute atomic E-state index is 0.0798. The SMILES string of the molecule is CC[C@H]1CN2CC[C@@H]1C[C@@H]2C(=O)Nc1ccccc1C. The van der Waals surface area contributed by atoms with Crippen molar-refractivity contribution in [1.82, 2.24) is 4.90 Å². The summed E-state index contributed by atoms with van der Waals surface area (Å²) in [7, 11) is 0. The first-order valence-corrected chi connectivity index (χ1v) is 7.79. The monoisotopic (exact) mass is 272 g/mol. The van der Waals surface area contributed by atoms with E-state index in [9.17, 15) is 4.79 Å². The molecule has 0 saturated carbocycles. The Morgan fingerprint density at radius 2 is 2.20 bits per heavy atom. The summed E-state index contributed by atoms with van der Waals surface area (Å²) >= 11 is 0. The molecular formula is C17H24N2O. The molecule has 3 aliphatic rings. The average molecular weight is 272 g/mol. The molecule has 3 saturated heterocycles. The minimum atomic E-state index is 0.0798. The number of hydrogen-bond donors (Lipinski definition) is 1. The van der Waals surface area contributed by atoms with Crippen LogP contribution in [0.2, 0.25) is 0 Å². The van der Waals surface area contributed by atoms with Crippen molar-refractivity contribution in [1.29, 1.82) is 0 Å². The molecular weight excluding hydrogens is 248 g/mol. The number of carbonyl (C=O) groups is 1. The highest BCUT2D eigenvalue weighted by Gasteiger charge is 2.42. The zero-order valence-electron chi connectivity index (χ0n) is 12.4. The summed E-state index contributed by atoms with van der Waals surface area (Å²) in [5.74, 6) is 1.72. The van der Waals surface area contributed by atoms with Gasteiger partial charge in [0.05, 0.1) is 6.04 Å². The van der Waals surface area contributed by atoms with E-state index >= 15 is 0 Å². The third-order valence-corrected chi connectivity index (χ3v) is 5.12. The lowest BCUT2D eigenvalue weighted by Gasteiger charge is -2.49. The van der Waals surface area contributed by atoms with Crippen molar-refractivity contribution >= 4 is 11.6 Å². The predicted molar refractivity (Wildman–Crippen MR) is 81.7 cm³/mol. The van der Waals surface area contributed by atoms with Crippen LogP contribution in [0.15, 0.2) is 24.3 Å². The lowest BCUT2D eigenvalue weighted by molar-refractivity contribution is -0.127. The van der Waals surface area contributed by atoms with Crippen LogP contribution < -0.4 is 5.32 Å². The van der Waals surface area contributed by atoms with Crippen LogP contribution in [0.5, 0.6) is 0 Å². The Kier molecular flexibility index (Phi) is 3.79. The van der Waals surface area contributed by atoms with Gasteiger partial charge in [0.15, 0.2) is 0 Å². The summed E-state index contributed by atoms with van der Waals surface area (Å²) in [6.07, 6.45) is 3.55. The van der Waals surface area contributed by atoms with Gasteiger partial charge in [0.25, 0.3) is 0 Å². The third-order valence-electron chi connectivity index (χ3n) is 5.12. The second-order valence-corrected chi connectivity index (χ2v) is 6.27. The summed E-state index contributed by atoms with van der Waals surface area (Å²) < 4.78 is 0. The van der Waals surface area contributed by atoms with Crippen LogP contribution in [-0.2, 0) is 4.79 Å². The molecule has 1 N–H and O–H groups in total. The molecule has 1 amide bonds. The van der Waals surface area contributed by atoms with Gasteiger partial charge in [-0.25, -0.2) is 0 Å². The van der Waals surface area contributed by atoms with Crippen molar-refractivity contribution in [2.45, 2.75) is 39.2 Å². The van der Waals surface area contributed by atoms with Crippen LogP contribution in [0.3, 0.4) is 0 Å². The fraction of sp³-hybridized carbons (Fsp3) is 0.588. The second kappa shape index (κ2) is 5.57. The number of aryl methyl sites for hydroxylation is 1. The van der Waals surface area contributed by atoms with Gasteiger partial charge in [0.2, 0.25) is 5.91 Å². The van der Waals surface area contributed by atoms with Gasteiger partial charge < -0.3 is 5.32 Å². The highest BCUT2D eigenvalue weighted by molar-refractivity contribution is 5.95. The number of para-hydroxylation sites is 1. The maximum atomic E-state index is 12.6. The number of benzene rings is 1. The van der Waals surface area contributed by atoms with Crippen molar-refractivity contribution < 1.29 is 4.79 Å². The lowest BCUT2D eigenvalue weighted by Crippen LogP contribution is -2.57.